The Morgan fingerprint density at radius 2 is 1.53 bits per heavy atom. The van der Waals surface area contributed by atoms with E-state index in [9.17, 15) is 4.79 Å². The summed E-state index contributed by atoms with van der Waals surface area (Å²) in [5, 5.41) is 4.21. The second kappa shape index (κ2) is 10.8. The Labute approximate surface area is 217 Å². The topological polar surface area (TPSA) is 79.9 Å². The molecule has 3 aromatic carbocycles. The molecule has 0 bridgehead atoms. The SMILES string of the molecule is COc1ccc(-c2nc(NC(=O)CSc3nc(-c4ccccc4)c(-c4ccccc4)[nH]3)sc2C)cc1. The lowest BCUT2D eigenvalue weighted by atomic mass is 10.1. The second-order valence-corrected chi connectivity index (χ2v) is 10.2. The number of nitrogens with zero attached hydrogens (tertiary/aromatic N) is 2. The molecule has 5 rings (SSSR count). The third-order valence-corrected chi connectivity index (χ3v) is 7.30. The number of carbonyl (C=O) groups is 1. The van der Waals surface area contributed by atoms with Crippen LogP contribution in [-0.4, -0.2) is 33.7 Å². The quantitative estimate of drug-likeness (QED) is 0.221. The normalized spacial score (nSPS) is 10.8. The Hall–Kier alpha value is -3.88. The van der Waals surface area contributed by atoms with Gasteiger partial charge in [-0.1, -0.05) is 72.4 Å². The van der Waals surface area contributed by atoms with Crippen molar-refractivity contribution in [1.29, 1.82) is 0 Å². The van der Waals surface area contributed by atoms with Crippen LogP contribution in [0.25, 0.3) is 33.8 Å². The van der Waals surface area contributed by atoms with Gasteiger partial charge in [-0.2, -0.15) is 0 Å². The highest BCUT2D eigenvalue weighted by molar-refractivity contribution is 7.99. The number of aromatic nitrogens is 3. The van der Waals surface area contributed by atoms with Crippen LogP contribution in [0.1, 0.15) is 4.88 Å². The maximum Gasteiger partial charge on any atom is 0.236 e. The summed E-state index contributed by atoms with van der Waals surface area (Å²) in [6.07, 6.45) is 0. The van der Waals surface area contributed by atoms with E-state index in [-0.39, 0.29) is 11.7 Å². The van der Waals surface area contributed by atoms with Crippen molar-refractivity contribution < 1.29 is 9.53 Å². The molecule has 36 heavy (non-hydrogen) atoms. The average Bonchev–Trinajstić information content (AvgIpc) is 3.52. The van der Waals surface area contributed by atoms with Crippen LogP contribution in [0.3, 0.4) is 0 Å². The van der Waals surface area contributed by atoms with Gasteiger partial charge >= 0.3 is 0 Å². The first-order valence-corrected chi connectivity index (χ1v) is 13.2. The van der Waals surface area contributed by atoms with E-state index < -0.39 is 0 Å². The zero-order valence-corrected chi connectivity index (χ0v) is 21.5. The van der Waals surface area contributed by atoms with Crippen LogP contribution in [0.4, 0.5) is 5.13 Å². The van der Waals surface area contributed by atoms with Crippen LogP contribution in [0, 0.1) is 6.92 Å². The molecule has 8 heteroatoms. The fourth-order valence-electron chi connectivity index (χ4n) is 3.79. The molecule has 0 aliphatic heterocycles. The molecule has 0 aliphatic carbocycles. The second-order valence-electron chi connectivity index (χ2n) is 7.99. The number of imidazole rings is 1. The van der Waals surface area contributed by atoms with Crippen molar-refractivity contribution in [3.05, 3.63) is 89.8 Å². The number of nitrogens with one attached hydrogen (secondary N) is 2. The highest BCUT2D eigenvalue weighted by Gasteiger charge is 2.16. The fraction of sp³-hybridized carbons (Fsp3) is 0.107. The van der Waals surface area contributed by atoms with Crippen LogP contribution >= 0.6 is 23.1 Å². The first-order valence-electron chi connectivity index (χ1n) is 11.4. The highest BCUT2D eigenvalue weighted by Crippen LogP contribution is 2.34. The van der Waals surface area contributed by atoms with Crippen molar-refractivity contribution in [3.8, 4) is 39.5 Å². The first-order chi connectivity index (χ1) is 17.6. The highest BCUT2D eigenvalue weighted by atomic mass is 32.2. The number of anilines is 1. The molecule has 0 radical (unpaired) electrons. The van der Waals surface area contributed by atoms with E-state index in [0.29, 0.717) is 10.3 Å². The Morgan fingerprint density at radius 1 is 0.889 bits per heavy atom. The van der Waals surface area contributed by atoms with Crippen molar-refractivity contribution >= 4 is 34.1 Å². The van der Waals surface area contributed by atoms with Crippen molar-refractivity contribution in [3.63, 3.8) is 0 Å². The zero-order valence-electron chi connectivity index (χ0n) is 19.8. The summed E-state index contributed by atoms with van der Waals surface area (Å²) in [4.78, 5) is 26.6. The van der Waals surface area contributed by atoms with Gasteiger partial charge < -0.3 is 15.0 Å². The average molecular weight is 513 g/mol. The van der Waals surface area contributed by atoms with Crippen LogP contribution in [0.2, 0.25) is 0 Å². The van der Waals surface area contributed by atoms with Gasteiger partial charge in [0.2, 0.25) is 5.91 Å². The predicted octanol–water partition coefficient (Wildman–Crippen LogP) is 6.92. The first kappa shape index (κ1) is 23.8. The van der Waals surface area contributed by atoms with Gasteiger partial charge in [0.05, 0.1) is 29.9 Å². The largest absolute Gasteiger partial charge is 0.497 e. The van der Waals surface area contributed by atoms with E-state index >= 15 is 0 Å². The van der Waals surface area contributed by atoms with Gasteiger partial charge in [-0.3, -0.25) is 4.79 Å². The van der Waals surface area contributed by atoms with Gasteiger partial charge in [0.15, 0.2) is 10.3 Å². The number of aromatic amines is 1. The minimum Gasteiger partial charge on any atom is -0.497 e. The number of carbonyl (C=O) groups excluding carboxylic acids is 1. The molecule has 0 aliphatic rings. The monoisotopic (exact) mass is 512 g/mol. The molecule has 2 aromatic heterocycles. The molecule has 0 fully saturated rings. The third-order valence-electron chi connectivity index (χ3n) is 5.54. The number of ether oxygens (including phenoxy) is 1. The number of benzene rings is 3. The fourth-order valence-corrected chi connectivity index (χ4v) is 5.32. The van der Waals surface area contributed by atoms with Crippen LogP contribution in [0.15, 0.2) is 90.1 Å². The van der Waals surface area contributed by atoms with Crippen LogP contribution < -0.4 is 10.1 Å². The molecular weight excluding hydrogens is 488 g/mol. The molecule has 0 saturated heterocycles. The summed E-state index contributed by atoms with van der Waals surface area (Å²) in [6, 6.07) is 27.9. The van der Waals surface area contributed by atoms with Gasteiger partial charge in [-0.25, -0.2) is 9.97 Å². The van der Waals surface area contributed by atoms with E-state index in [4.69, 9.17) is 9.72 Å². The van der Waals surface area contributed by atoms with E-state index in [1.807, 2.05) is 91.9 Å². The lowest BCUT2D eigenvalue weighted by molar-refractivity contribution is -0.113. The molecule has 0 saturated carbocycles. The van der Waals surface area contributed by atoms with Crippen molar-refractivity contribution in [2.24, 2.45) is 0 Å². The van der Waals surface area contributed by atoms with Gasteiger partial charge in [0.1, 0.15) is 5.75 Å². The standard InChI is InChI=1S/C28H24N4O2S2/c1-18-24(21-13-15-22(34-2)16-14-21)30-28(36-18)29-23(33)17-35-27-31-25(19-9-5-3-6-10-19)26(32-27)20-11-7-4-8-12-20/h3-16H,17H2,1-2H3,(H,31,32)(H,29,30,33). The summed E-state index contributed by atoms with van der Waals surface area (Å²) in [7, 11) is 1.64. The summed E-state index contributed by atoms with van der Waals surface area (Å²) < 4.78 is 5.23. The lowest BCUT2D eigenvalue weighted by Crippen LogP contribution is -2.13. The molecule has 1 amide bonds. The maximum absolute atomic E-state index is 12.7. The smallest absolute Gasteiger partial charge is 0.236 e. The van der Waals surface area contributed by atoms with Crippen molar-refractivity contribution in [2.45, 2.75) is 12.1 Å². The maximum atomic E-state index is 12.7. The Kier molecular flexibility index (Phi) is 7.16. The van der Waals surface area contributed by atoms with Crippen LogP contribution in [-0.2, 0) is 4.79 Å². The number of rotatable bonds is 8. The number of hydrogen-bond acceptors (Lipinski definition) is 6. The van der Waals surface area contributed by atoms with E-state index in [0.717, 1.165) is 44.4 Å². The molecular formula is C28H24N4O2S2. The van der Waals surface area contributed by atoms with E-state index in [2.05, 4.69) is 15.3 Å². The molecule has 6 nitrogen and oxygen atoms in total. The molecule has 5 aromatic rings. The summed E-state index contributed by atoms with van der Waals surface area (Å²) in [5.74, 6) is 0.877. The lowest BCUT2D eigenvalue weighted by Gasteiger charge is -2.02. The predicted molar refractivity (Wildman–Crippen MR) is 148 cm³/mol. The molecule has 2 N–H and O–H groups in total. The minimum atomic E-state index is -0.131. The van der Waals surface area contributed by atoms with Crippen molar-refractivity contribution in [1.82, 2.24) is 15.0 Å². The zero-order chi connectivity index (χ0) is 24.9. The Bertz CT molecular complexity index is 1410. The Balaban J connectivity index is 1.29. The molecule has 0 spiro atoms. The molecule has 0 atom stereocenters. The summed E-state index contributed by atoms with van der Waals surface area (Å²) in [5.41, 5.74) is 5.71. The number of amides is 1. The van der Waals surface area contributed by atoms with Gasteiger partial charge in [-0.05, 0) is 31.2 Å². The van der Waals surface area contributed by atoms with Gasteiger partial charge in [0, 0.05) is 21.6 Å². The molecule has 180 valence electrons. The van der Waals surface area contributed by atoms with E-state index in [1.54, 1.807) is 7.11 Å². The Morgan fingerprint density at radius 3 is 2.19 bits per heavy atom. The number of thiazole rings is 1. The van der Waals surface area contributed by atoms with Crippen LogP contribution in [0.5, 0.6) is 5.75 Å². The minimum absolute atomic E-state index is 0.131. The van der Waals surface area contributed by atoms with Gasteiger partial charge in [-0.15, -0.1) is 11.3 Å². The van der Waals surface area contributed by atoms with Gasteiger partial charge in [0.25, 0.3) is 0 Å². The number of H-pyrrole nitrogens is 1. The number of thioether (sulfide) groups is 1. The number of aryl methyl sites for hydroxylation is 1. The molecule has 2 heterocycles. The third kappa shape index (κ3) is 5.35. The van der Waals surface area contributed by atoms with Crippen molar-refractivity contribution in [2.75, 3.05) is 18.2 Å². The number of hydrogen-bond donors (Lipinski definition) is 2. The summed E-state index contributed by atoms with van der Waals surface area (Å²) >= 11 is 2.83. The summed E-state index contributed by atoms with van der Waals surface area (Å²) in [6.45, 7) is 2.00. The van der Waals surface area contributed by atoms with E-state index in [1.165, 1.54) is 23.1 Å². The molecule has 0 unspecified atom stereocenters. The number of methoxy groups -OCH3 is 1.